The second kappa shape index (κ2) is 9.03. The summed E-state index contributed by atoms with van der Waals surface area (Å²) in [6.45, 7) is 1.45. The molecule has 0 spiro atoms. The van der Waals surface area contributed by atoms with Gasteiger partial charge in [-0.15, -0.1) is 0 Å². The number of benzene rings is 2. The van der Waals surface area contributed by atoms with E-state index in [-0.39, 0.29) is 23.8 Å². The zero-order valence-electron chi connectivity index (χ0n) is 17.9. The van der Waals surface area contributed by atoms with Crippen LogP contribution in [0.5, 0.6) is 5.75 Å². The Bertz CT molecular complexity index is 1370. The molecule has 2 aromatic heterocycles. The van der Waals surface area contributed by atoms with E-state index in [1.54, 1.807) is 4.57 Å². The van der Waals surface area contributed by atoms with Gasteiger partial charge in [0.1, 0.15) is 18.2 Å². The fourth-order valence-electron chi connectivity index (χ4n) is 4.10. The van der Waals surface area contributed by atoms with Gasteiger partial charge < -0.3 is 14.0 Å². The third kappa shape index (κ3) is 4.19. The molecule has 1 fully saturated rings. The maximum Gasteiger partial charge on any atom is 0.337 e. The van der Waals surface area contributed by atoms with E-state index < -0.39 is 17.1 Å². The molecule has 2 aromatic carbocycles. The van der Waals surface area contributed by atoms with Gasteiger partial charge in [-0.05, 0) is 49.2 Å². The number of nitrogens with zero attached hydrogens (tertiary/aromatic N) is 4. The molecular weight excluding hydrogens is 427 g/mol. The first kappa shape index (κ1) is 21.1. The molecule has 0 N–H and O–H groups in total. The molecule has 33 heavy (non-hydrogen) atoms. The van der Waals surface area contributed by atoms with Crippen LogP contribution >= 0.6 is 0 Å². The van der Waals surface area contributed by atoms with Crippen LogP contribution < -0.4 is 16.0 Å². The minimum atomic E-state index is -0.527. The number of halogens is 1. The predicted molar refractivity (Wildman–Crippen MR) is 120 cm³/mol. The van der Waals surface area contributed by atoms with Crippen molar-refractivity contribution in [1.29, 1.82) is 0 Å². The Hall–Kier alpha value is -3.72. The largest absolute Gasteiger partial charge is 0.492 e. The summed E-state index contributed by atoms with van der Waals surface area (Å²) in [5, 5.41) is 0. The smallest absolute Gasteiger partial charge is 0.337 e. The van der Waals surface area contributed by atoms with E-state index in [0.717, 1.165) is 18.6 Å². The zero-order chi connectivity index (χ0) is 22.8. The van der Waals surface area contributed by atoms with Crippen LogP contribution in [0.4, 0.5) is 4.39 Å². The molecule has 1 saturated heterocycles. The molecule has 9 heteroatoms. The fraction of sp³-hybridized carbons (Fsp3) is 0.292. The number of hydrogen-bond donors (Lipinski definition) is 0. The quantitative estimate of drug-likeness (QED) is 0.433. The molecule has 1 aliphatic rings. The molecule has 1 aliphatic heterocycles. The summed E-state index contributed by atoms with van der Waals surface area (Å²) in [6.07, 6.45) is 3.00. The molecule has 3 heterocycles. The Kier molecular flexibility index (Phi) is 5.78. The normalized spacial score (nSPS) is 15.8. The molecule has 4 aromatic rings. The highest BCUT2D eigenvalue weighted by atomic mass is 19.1. The average Bonchev–Trinajstić information content (AvgIpc) is 3.49. The molecule has 0 radical (unpaired) electrons. The van der Waals surface area contributed by atoms with Crippen LogP contribution in [0, 0.1) is 5.82 Å². The first-order valence-electron chi connectivity index (χ1n) is 10.9. The summed E-state index contributed by atoms with van der Waals surface area (Å²) in [5.74, 6) is 0.306. The van der Waals surface area contributed by atoms with Gasteiger partial charge in [0.05, 0.1) is 31.2 Å². The lowest BCUT2D eigenvalue weighted by Gasteiger charge is -2.15. The summed E-state index contributed by atoms with van der Waals surface area (Å²) < 4.78 is 29.2. The van der Waals surface area contributed by atoms with Gasteiger partial charge in [-0.3, -0.25) is 9.36 Å². The summed E-state index contributed by atoms with van der Waals surface area (Å²) in [4.78, 5) is 31.2. The highest BCUT2D eigenvalue weighted by molar-refractivity contribution is 5.72. The second-order valence-electron chi connectivity index (χ2n) is 7.92. The molecular formula is C24H23FN4O4. The van der Waals surface area contributed by atoms with E-state index in [2.05, 4.69) is 4.98 Å². The maximum absolute atomic E-state index is 13.5. The van der Waals surface area contributed by atoms with Crippen LogP contribution in [0.15, 0.2) is 70.5 Å². The van der Waals surface area contributed by atoms with E-state index >= 15 is 0 Å². The van der Waals surface area contributed by atoms with Crippen LogP contribution in [0.1, 0.15) is 12.8 Å². The number of aromatic nitrogens is 4. The highest BCUT2D eigenvalue weighted by Gasteiger charge is 2.23. The van der Waals surface area contributed by atoms with Crippen LogP contribution in [-0.2, 0) is 17.8 Å². The molecule has 0 aliphatic carbocycles. The molecule has 0 saturated carbocycles. The summed E-state index contributed by atoms with van der Waals surface area (Å²) in [5.41, 5.74) is -0.0202. The van der Waals surface area contributed by atoms with Crippen LogP contribution in [0.2, 0.25) is 0 Å². The van der Waals surface area contributed by atoms with E-state index in [0.29, 0.717) is 25.4 Å². The van der Waals surface area contributed by atoms with Gasteiger partial charge in [-0.25, -0.2) is 18.7 Å². The zero-order valence-corrected chi connectivity index (χ0v) is 17.9. The topological polar surface area (TPSA) is 80.3 Å². The van der Waals surface area contributed by atoms with Gasteiger partial charge >= 0.3 is 5.69 Å². The number of fused-ring (bicyclic) bond motifs is 1. The average molecular weight is 450 g/mol. The Balaban J connectivity index is 1.58. The number of hydrogen-bond acceptors (Lipinski definition) is 5. The van der Waals surface area contributed by atoms with Crippen LogP contribution in [-0.4, -0.2) is 38.0 Å². The van der Waals surface area contributed by atoms with Crippen molar-refractivity contribution in [3.05, 3.63) is 87.6 Å². The van der Waals surface area contributed by atoms with Crippen molar-refractivity contribution in [2.75, 3.05) is 13.2 Å². The van der Waals surface area contributed by atoms with E-state index in [9.17, 15) is 14.0 Å². The van der Waals surface area contributed by atoms with Gasteiger partial charge in [-0.1, -0.05) is 18.2 Å². The molecule has 1 unspecified atom stereocenters. The number of para-hydroxylation sites is 1. The van der Waals surface area contributed by atoms with Crippen LogP contribution in [0.25, 0.3) is 16.9 Å². The first-order chi connectivity index (χ1) is 16.1. The third-order valence-electron chi connectivity index (χ3n) is 5.74. The number of rotatable bonds is 7. The molecule has 5 rings (SSSR count). The van der Waals surface area contributed by atoms with Crippen molar-refractivity contribution in [1.82, 2.24) is 18.7 Å². The lowest BCUT2D eigenvalue weighted by molar-refractivity contribution is 0.0950. The number of ether oxygens (including phenoxy) is 2. The SMILES string of the molecule is O=c1c2c(ncn2CCOc2ccccc2)n(-c2ccc(F)cc2)c(=O)n1CC1CCCO1. The van der Waals surface area contributed by atoms with E-state index in [1.807, 2.05) is 30.3 Å². The van der Waals surface area contributed by atoms with Crippen molar-refractivity contribution in [2.24, 2.45) is 0 Å². The lowest BCUT2D eigenvalue weighted by atomic mass is 10.2. The fourth-order valence-corrected chi connectivity index (χ4v) is 4.10. The molecule has 0 amide bonds. The highest BCUT2D eigenvalue weighted by Crippen LogP contribution is 2.16. The van der Waals surface area contributed by atoms with E-state index in [1.165, 1.54) is 39.7 Å². The molecule has 0 bridgehead atoms. The minimum Gasteiger partial charge on any atom is -0.492 e. The lowest BCUT2D eigenvalue weighted by Crippen LogP contribution is -2.42. The Labute approximate surface area is 188 Å². The van der Waals surface area contributed by atoms with Gasteiger partial charge in [0.15, 0.2) is 11.2 Å². The standard InChI is InChI=1S/C24H23FN4O4/c25-17-8-10-18(11-9-17)29-22-21(23(30)28(24(29)31)15-20-7-4-13-32-20)27(16-26-22)12-14-33-19-5-2-1-3-6-19/h1-3,5-6,8-11,16,20H,4,7,12-15H2. The minimum absolute atomic E-state index is 0.153. The number of imidazole rings is 1. The molecule has 8 nitrogen and oxygen atoms in total. The van der Waals surface area contributed by atoms with Crippen molar-refractivity contribution < 1.29 is 13.9 Å². The summed E-state index contributed by atoms with van der Waals surface area (Å²) >= 11 is 0. The van der Waals surface area contributed by atoms with Crippen LogP contribution in [0.3, 0.4) is 0 Å². The monoisotopic (exact) mass is 450 g/mol. The van der Waals surface area contributed by atoms with E-state index in [4.69, 9.17) is 9.47 Å². The summed E-state index contributed by atoms with van der Waals surface area (Å²) in [6, 6.07) is 14.9. The van der Waals surface area contributed by atoms with Gasteiger partial charge in [0.2, 0.25) is 0 Å². The Morgan fingerprint density at radius 3 is 2.61 bits per heavy atom. The van der Waals surface area contributed by atoms with Gasteiger partial charge in [0.25, 0.3) is 5.56 Å². The summed E-state index contributed by atoms with van der Waals surface area (Å²) in [7, 11) is 0. The predicted octanol–water partition coefficient (Wildman–Crippen LogP) is 2.75. The van der Waals surface area contributed by atoms with Gasteiger partial charge in [0, 0.05) is 6.61 Å². The maximum atomic E-state index is 13.5. The van der Waals surface area contributed by atoms with Gasteiger partial charge in [-0.2, -0.15) is 0 Å². The molecule has 1 atom stereocenters. The Morgan fingerprint density at radius 1 is 1.09 bits per heavy atom. The van der Waals surface area contributed by atoms with Crippen molar-refractivity contribution in [2.45, 2.75) is 32.0 Å². The third-order valence-corrected chi connectivity index (χ3v) is 5.74. The van der Waals surface area contributed by atoms with Crippen molar-refractivity contribution in [3.63, 3.8) is 0 Å². The second-order valence-corrected chi connectivity index (χ2v) is 7.92. The van der Waals surface area contributed by atoms with Crippen molar-refractivity contribution >= 4 is 11.2 Å². The molecule has 170 valence electrons. The Morgan fingerprint density at radius 2 is 1.88 bits per heavy atom. The first-order valence-corrected chi connectivity index (χ1v) is 10.9. The van der Waals surface area contributed by atoms with Crippen molar-refractivity contribution in [3.8, 4) is 11.4 Å².